The minimum Gasteiger partial charge on any atom is -0.344 e. The van der Waals surface area contributed by atoms with Gasteiger partial charge < -0.3 is 14.8 Å². The molecule has 1 aromatic heterocycles. The first kappa shape index (κ1) is 15.8. The number of amides is 1. The van der Waals surface area contributed by atoms with Gasteiger partial charge in [0.25, 0.3) is 5.91 Å². The van der Waals surface area contributed by atoms with Crippen molar-refractivity contribution in [1.82, 2.24) is 14.8 Å². The molecule has 23 heavy (non-hydrogen) atoms. The van der Waals surface area contributed by atoms with E-state index in [4.69, 9.17) is 0 Å². The van der Waals surface area contributed by atoms with E-state index in [0.29, 0.717) is 6.04 Å². The highest BCUT2D eigenvalue weighted by Crippen LogP contribution is 2.19. The summed E-state index contributed by atoms with van der Waals surface area (Å²) in [4.78, 5) is 14.8. The SMILES string of the molecule is Cc1cc(C(=O)N2CCNC(C)C2)c(C)n1Cc1ccccc1. The lowest BCUT2D eigenvalue weighted by Gasteiger charge is -2.32. The van der Waals surface area contributed by atoms with Crippen LogP contribution in [0.3, 0.4) is 0 Å². The maximum atomic E-state index is 12.9. The van der Waals surface area contributed by atoms with Gasteiger partial charge in [0.15, 0.2) is 0 Å². The number of rotatable bonds is 3. The number of hydrogen-bond acceptors (Lipinski definition) is 2. The maximum absolute atomic E-state index is 12.9. The van der Waals surface area contributed by atoms with Crippen molar-refractivity contribution in [3.63, 3.8) is 0 Å². The number of nitrogens with zero attached hydrogens (tertiary/aromatic N) is 2. The summed E-state index contributed by atoms with van der Waals surface area (Å²) in [5.41, 5.74) is 4.29. The van der Waals surface area contributed by atoms with Gasteiger partial charge in [0.2, 0.25) is 0 Å². The van der Waals surface area contributed by atoms with Gasteiger partial charge in [0.1, 0.15) is 0 Å². The van der Waals surface area contributed by atoms with E-state index in [-0.39, 0.29) is 5.91 Å². The molecule has 0 spiro atoms. The topological polar surface area (TPSA) is 37.3 Å². The van der Waals surface area contributed by atoms with E-state index in [2.05, 4.69) is 54.9 Å². The second kappa shape index (κ2) is 6.59. The predicted molar refractivity (Wildman–Crippen MR) is 92.8 cm³/mol. The third-order valence-corrected chi connectivity index (χ3v) is 4.64. The Hall–Kier alpha value is -2.07. The molecule has 1 aliphatic heterocycles. The minimum atomic E-state index is 0.158. The number of hydrogen-bond donors (Lipinski definition) is 1. The second-order valence-corrected chi connectivity index (χ2v) is 6.46. The Labute approximate surface area is 138 Å². The van der Waals surface area contributed by atoms with Crippen LogP contribution in [0.15, 0.2) is 36.4 Å². The van der Waals surface area contributed by atoms with Crippen molar-refractivity contribution < 1.29 is 4.79 Å². The van der Waals surface area contributed by atoms with Crippen molar-refractivity contribution >= 4 is 5.91 Å². The number of aromatic nitrogens is 1. The van der Waals surface area contributed by atoms with Crippen molar-refractivity contribution in [2.75, 3.05) is 19.6 Å². The molecule has 3 rings (SSSR count). The zero-order chi connectivity index (χ0) is 16.4. The van der Waals surface area contributed by atoms with Crippen LogP contribution in [0.1, 0.15) is 34.2 Å². The standard InChI is InChI=1S/C19H25N3O/c1-14-12-21(10-9-20-14)19(23)18-11-15(2)22(16(18)3)13-17-7-5-4-6-8-17/h4-8,11,14,20H,9-10,12-13H2,1-3H3. The fourth-order valence-corrected chi connectivity index (χ4v) is 3.31. The van der Waals surface area contributed by atoms with Crippen molar-refractivity contribution in [3.8, 4) is 0 Å². The molecule has 0 bridgehead atoms. The molecule has 1 fully saturated rings. The smallest absolute Gasteiger partial charge is 0.255 e. The summed E-state index contributed by atoms with van der Waals surface area (Å²) in [7, 11) is 0. The van der Waals surface area contributed by atoms with Crippen LogP contribution < -0.4 is 5.32 Å². The van der Waals surface area contributed by atoms with E-state index in [1.165, 1.54) is 5.56 Å². The van der Waals surface area contributed by atoms with Crippen LogP contribution in [0.4, 0.5) is 0 Å². The summed E-state index contributed by atoms with van der Waals surface area (Å²) in [6.07, 6.45) is 0. The number of carbonyl (C=O) groups is 1. The van der Waals surface area contributed by atoms with Crippen molar-refractivity contribution in [2.45, 2.75) is 33.4 Å². The number of nitrogens with one attached hydrogen (secondary N) is 1. The van der Waals surface area contributed by atoms with Gasteiger partial charge >= 0.3 is 0 Å². The molecular weight excluding hydrogens is 286 g/mol. The normalized spacial score (nSPS) is 18.2. The molecule has 1 unspecified atom stereocenters. The second-order valence-electron chi connectivity index (χ2n) is 6.46. The van der Waals surface area contributed by atoms with Gasteiger partial charge in [-0.3, -0.25) is 4.79 Å². The fourth-order valence-electron chi connectivity index (χ4n) is 3.31. The third kappa shape index (κ3) is 3.32. The molecule has 1 aromatic carbocycles. The largest absolute Gasteiger partial charge is 0.344 e. The lowest BCUT2D eigenvalue weighted by atomic mass is 10.1. The average Bonchev–Trinajstić information content (AvgIpc) is 2.83. The van der Waals surface area contributed by atoms with Crippen molar-refractivity contribution in [2.24, 2.45) is 0 Å². The molecular formula is C19H25N3O. The van der Waals surface area contributed by atoms with Crippen LogP contribution in [-0.4, -0.2) is 41.1 Å². The Kier molecular flexibility index (Phi) is 4.53. The molecule has 1 saturated heterocycles. The van der Waals surface area contributed by atoms with Crippen molar-refractivity contribution in [3.05, 3.63) is 58.9 Å². The summed E-state index contributed by atoms with van der Waals surface area (Å²) in [5.74, 6) is 0.158. The fraction of sp³-hybridized carbons (Fsp3) is 0.421. The number of piperazine rings is 1. The minimum absolute atomic E-state index is 0.158. The molecule has 1 N–H and O–H groups in total. The van der Waals surface area contributed by atoms with Crippen LogP contribution >= 0.6 is 0 Å². The van der Waals surface area contributed by atoms with Gasteiger partial charge in [-0.05, 0) is 32.4 Å². The van der Waals surface area contributed by atoms with Gasteiger partial charge in [0, 0.05) is 43.6 Å². The summed E-state index contributed by atoms with van der Waals surface area (Å²) < 4.78 is 2.23. The molecule has 122 valence electrons. The predicted octanol–water partition coefficient (Wildman–Crippen LogP) is 2.59. The Morgan fingerprint density at radius 1 is 1.26 bits per heavy atom. The van der Waals surface area contributed by atoms with Gasteiger partial charge in [0.05, 0.1) is 5.56 Å². The van der Waals surface area contributed by atoms with Crippen LogP contribution in [0.25, 0.3) is 0 Å². The quantitative estimate of drug-likeness (QED) is 0.946. The molecule has 1 aliphatic rings. The van der Waals surface area contributed by atoms with E-state index < -0.39 is 0 Å². The first-order chi connectivity index (χ1) is 11.1. The molecule has 0 radical (unpaired) electrons. The molecule has 1 atom stereocenters. The highest BCUT2D eigenvalue weighted by atomic mass is 16.2. The van der Waals surface area contributed by atoms with Crippen LogP contribution in [-0.2, 0) is 6.54 Å². The van der Waals surface area contributed by atoms with E-state index in [1.54, 1.807) is 0 Å². The zero-order valence-electron chi connectivity index (χ0n) is 14.2. The van der Waals surface area contributed by atoms with Gasteiger partial charge in [-0.1, -0.05) is 30.3 Å². The molecule has 4 nitrogen and oxygen atoms in total. The zero-order valence-corrected chi connectivity index (χ0v) is 14.2. The van der Waals surface area contributed by atoms with Crippen LogP contribution in [0.5, 0.6) is 0 Å². The van der Waals surface area contributed by atoms with E-state index in [1.807, 2.05) is 17.0 Å². The Bertz CT molecular complexity index is 690. The summed E-state index contributed by atoms with van der Waals surface area (Å²) in [5, 5.41) is 3.38. The maximum Gasteiger partial charge on any atom is 0.255 e. The van der Waals surface area contributed by atoms with Gasteiger partial charge in [-0.15, -0.1) is 0 Å². The van der Waals surface area contributed by atoms with Gasteiger partial charge in [-0.2, -0.15) is 0 Å². The monoisotopic (exact) mass is 311 g/mol. The van der Waals surface area contributed by atoms with E-state index in [0.717, 1.165) is 43.1 Å². The van der Waals surface area contributed by atoms with Crippen molar-refractivity contribution in [1.29, 1.82) is 0 Å². The number of carbonyl (C=O) groups excluding carboxylic acids is 1. The number of aryl methyl sites for hydroxylation is 1. The van der Waals surface area contributed by atoms with Crippen LogP contribution in [0, 0.1) is 13.8 Å². The highest BCUT2D eigenvalue weighted by molar-refractivity contribution is 5.95. The molecule has 2 aromatic rings. The Morgan fingerprint density at radius 2 is 2.00 bits per heavy atom. The molecule has 1 amide bonds. The molecule has 0 aliphatic carbocycles. The van der Waals surface area contributed by atoms with E-state index in [9.17, 15) is 4.79 Å². The van der Waals surface area contributed by atoms with Gasteiger partial charge in [-0.25, -0.2) is 0 Å². The third-order valence-electron chi connectivity index (χ3n) is 4.64. The molecule has 0 saturated carbocycles. The summed E-state index contributed by atoms with van der Waals surface area (Å²) >= 11 is 0. The first-order valence-electron chi connectivity index (χ1n) is 8.29. The number of benzene rings is 1. The first-order valence-corrected chi connectivity index (χ1v) is 8.29. The van der Waals surface area contributed by atoms with E-state index >= 15 is 0 Å². The molecule has 2 heterocycles. The highest BCUT2D eigenvalue weighted by Gasteiger charge is 2.24. The lowest BCUT2D eigenvalue weighted by molar-refractivity contribution is 0.0708. The molecule has 4 heteroatoms. The lowest BCUT2D eigenvalue weighted by Crippen LogP contribution is -2.51. The Morgan fingerprint density at radius 3 is 2.70 bits per heavy atom. The van der Waals surface area contributed by atoms with Crippen LogP contribution in [0.2, 0.25) is 0 Å². The Balaban J connectivity index is 1.84. The summed E-state index contributed by atoms with van der Waals surface area (Å²) in [6.45, 7) is 9.49. The summed E-state index contributed by atoms with van der Waals surface area (Å²) in [6, 6.07) is 12.8. The average molecular weight is 311 g/mol.